The summed E-state index contributed by atoms with van der Waals surface area (Å²) >= 11 is 0. The molecule has 3 nitrogen and oxygen atoms in total. The van der Waals surface area contributed by atoms with Crippen LogP contribution in [0.3, 0.4) is 0 Å². The van der Waals surface area contributed by atoms with Crippen molar-refractivity contribution in [3.8, 4) is 0 Å². The van der Waals surface area contributed by atoms with Gasteiger partial charge in [-0.15, -0.1) is 0 Å². The van der Waals surface area contributed by atoms with E-state index in [0.717, 1.165) is 22.3 Å². The van der Waals surface area contributed by atoms with E-state index in [1.165, 1.54) is 0 Å². The van der Waals surface area contributed by atoms with Crippen molar-refractivity contribution in [1.29, 1.82) is 0 Å². The highest BCUT2D eigenvalue weighted by Crippen LogP contribution is 2.18. The summed E-state index contributed by atoms with van der Waals surface area (Å²) in [6.07, 6.45) is 0.636. The fourth-order valence-electron chi connectivity index (χ4n) is 2.56. The Bertz CT molecular complexity index is 623. The Morgan fingerprint density at radius 1 is 1.14 bits per heavy atom. The Balaban J connectivity index is 2.06. The fraction of sp³-hybridized carbons (Fsp3) is 0.316. The van der Waals surface area contributed by atoms with Crippen LogP contribution in [0, 0.1) is 13.8 Å². The summed E-state index contributed by atoms with van der Waals surface area (Å²) in [6.45, 7) is 4.56. The van der Waals surface area contributed by atoms with Gasteiger partial charge >= 0.3 is 0 Å². The molecule has 2 aromatic carbocycles. The first kappa shape index (κ1) is 16.2. The standard InChI is InChI=1S/C19H23NO2/c1-14-8-9-15(2)18(12-14)19(22)20-13-17(10-11-21)16-6-4-3-5-7-16/h3-9,12,17,21H,10-11,13H2,1-2H3,(H,20,22). The zero-order valence-corrected chi connectivity index (χ0v) is 13.2. The summed E-state index contributed by atoms with van der Waals surface area (Å²) in [6, 6.07) is 15.9. The average Bonchev–Trinajstić information content (AvgIpc) is 2.54. The number of hydrogen-bond acceptors (Lipinski definition) is 2. The van der Waals surface area contributed by atoms with Gasteiger partial charge < -0.3 is 10.4 Å². The minimum atomic E-state index is -0.0555. The average molecular weight is 297 g/mol. The lowest BCUT2D eigenvalue weighted by Crippen LogP contribution is -2.29. The van der Waals surface area contributed by atoms with Crippen LogP contribution in [-0.2, 0) is 0 Å². The topological polar surface area (TPSA) is 49.3 Å². The number of carbonyl (C=O) groups excluding carboxylic acids is 1. The van der Waals surface area contributed by atoms with Gasteiger partial charge in [0.25, 0.3) is 5.91 Å². The minimum absolute atomic E-state index is 0.0555. The molecule has 2 rings (SSSR count). The van der Waals surface area contributed by atoms with Crippen molar-refractivity contribution < 1.29 is 9.90 Å². The number of aryl methyl sites for hydroxylation is 2. The van der Waals surface area contributed by atoms with Crippen molar-refractivity contribution in [2.24, 2.45) is 0 Å². The lowest BCUT2D eigenvalue weighted by molar-refractivity contribution is 0.0948. The van der Waals surface area contributed by atoms with Gasteiger partial charge in [0.15, 0.2) is 0 Å². The summed E-state index contributed by atoms with van der Waals surface area (Å²) in [4.78, 5) is 12.4. The van der Waals surface area contributed by atoms with Crippen molar-refractivity contribution in [3.63, 3.8) is 0 Å². The van der Waals surface area contributed by atoms with E-state index in [4.69, 9.17) is 0 Å². The number of rotatable bonds is 6. The van der Waals surface area contributed by atoms with Crippen molar-refractivity contribution >= 4 is 5.91 Å². The van der Waals surface area contributed by atoms with Crippen LogP contribution in [0.4, 0.5) is 0 Å². The number of carbonyl (C=O) groups is 1. The van der Waals surface area contributed by atoms with Gasteiger partial charge in [0.1, 0.15) is 0 Å². The van der Waals surface area contributed by atoms with E-state index in [1.54, 1.807) is 0 Å². The summed E-state index contributed by atoms with van der Waals surface area (Å²) in [7, 11) is 0. The third kappa shape index (κ3) is 4.18. The molecular weight excluding hydrogens is 274 g/mol. The Morgan fingerprint density at radius 2 is 1.86 bits per heavy atom. The quantitative estimate of drug-likeness (QED) is 0.860. The van der Waals surface area contributed by atoms with Crippen LogP contribution >= 0.6 is 0 Å². The van der Waals surface area contributed by atoms with E-state index in [0.29, 0.717) is 13.0 Å². The monoisotopic (exact) mass is 297 g/mol. The highest BCUT2D eigenvalue weighted by atomic mass is 16.3. The van der Waals surface area contributed by atoms with Crippen LogP contribution in [-0.4, -0.2) is 24.2 Å². The molecule has 0 spiro atoms. The molecular formula is C19H23NO2. The van der Waals surface area contributed by atoms with Gasteiger partial charge in [0.2, 0.25) is 0 Å². The van der Waals surface area contributed by atoms with Gasteiger partial charge in [0, 0.05) is 24.6 Å². The van der Waals surface area contributed by atoms with Crippen LogP contribution in [0.5, 0.6) is 0 Å². The highest BCUT2D eigenvalue weighted by Gasteiger charge is 2.14. The molecule has 116 valence electrons. The van der Waals surface area contributed by atoms with Crippen LogP contribution in [0.15, 0.2) is 48.5 Å². The van der Waals surface area contributed by atoms with Crippen molar-refractivity contribution in [1.82, 2.24) is 5.32 Å². The Morgan fingerprint density at radius 3 is 2.55 bits per heavy atom. The molecule has 22 heavy (non-hydrogen) atoms. The minimum Gasteiger partial charge on any atom is -0.396 e. The Kier molecular flexibility index (Phi) is 5.73. The predicted octanol–water partition coefficient (Wildman–Crippen LogP) is 3.20. The lowest BCUT2D eigenvalue weighted by atomic mass is 9.95. The van der Waals surface area contributed by atoms with Crippen LogP contribution in [0.1, 0.15) is 39.4 Å². The number of aliphatic hydroxyl groups excluding tert-OH is 1. The molecule has 3 heteroatoms. The Hall–Kier alpha value is -2.13. The van der Waals surface area contributed by atoms with E-state index in [2.05, 4.69) is 5.32 Å². The first-order valence-electron chi connectivity index (χ1n) is 7.63. The zero-order chi connectivity index (χ0) is 15.9. The third-order valence-corrected chi connectivity index (χ3v) is 3.90. The second-order valence-corrected chi connectivity index (χ2v) is 5.65. The summed E-state index contributed by atoms with van der Waals surface area (Å²) < 4.78 is 0. The number of nitrogens with one attached hydrogen (secondary N) is 1. The lowest BCUT2D eigenvalue weighted by Gasteiger charge is -2.17. The highest BCUT2D eigenvalue weighted by molar-refractivity contribution is 5.95. The molecule has 1 atom stereocenters. The van der Waals surface area contributed by atoms with Crippen molar-refractivity contribution in [2.75, 3.05) is 13.2 Å². The van der Waals surface area contributed by atoms with Gasteiger partial charge in [-0.1, -0.05) is 48.0 Å². The smallest absolute Gasteiger partial charge is 0.251 e. The van der Waals surface area contributed by atoms with E-state index in [9.17, 15) is 9.90 Å². The first-order valence-corrected chi connectivity index (χ1v) is 7.63. The molecule has 0 aliphatic heterocycles. The maximum atomic E-state index is 12.4. The maximum Gasteiger partial charge on any atom is 0.251 e. The SMILES string of the molecule is Cc1ccc(C)c(C(=O)NCC(CCO)c2ccccc2)c1. The second kappa shape index (κ2) is 7.76. The Labute approximate surface area is 132 Å². The second-order valence-electron chi connectivity index (χ2n) is 5.65. The number of amides is 1. The summed E-state index contributed by atoms with van der Waals surface area (Å²) in [5, 5.41) is 12.2. The van der Waals surface area contributed by atoms with E-state index < -0.39 is 0 Å². The van der Waals surface area contributed by atoms with E-state index in [-0.39, 0.29) is 18.4 Å². The van der Waals surface area contributed by atoms with Gasteiger partial charge in [-0.05, 0) is 37.5 Å². The van der Waals surface area contributed by atoms with Crippen LogP contribution in [0.2, 0.25) is 0 Å². The molecule has 2 aromatic rings. The first-order chi connectivity index (χ1) is 10.6. The zero-order valence-electron chi connectivity index (χ0n) is 13.2. The fourth-order valence-corrected chi connectivity index (χ4v) is 2.56. The molecule has 0 fully saturated rings. The van der Waals surface area contributed by atoms with Gasteiger partial charge in [-0.25, -0.2) is 0 Å². The molecule has 0 radical (unpaired) electrons. The number of hydrogen-bond donors (Lipinski definition) is 2. The largest absolute Gasteiger partial charge is 0.396 e. The van der Waals surface area contributed by atoms with Gasteiger partial charge in [-0.3, -0.25) is 4.79 Å². The van der Waals surface area contributed by atoms with Crippen molar-refractivity contribution in [2.45, 2.75) is 26.2 Å². The van der Waals surface area contributed by atoms with Crippen LogP contribution < -0.4 is 5.32 Å². The molecule has 0 aliphatic carbocycles. The summed E-state index contributed by atoms with van der Waals surface area (Å²) in [5.41, 5.74) is 3.90. The maximum absolute atomic E-state index is 12.4. The number of benzene rings is 2. The third-order valence-electron chi connectivity index (χ3n) is 3.90. The molecule has 0 heterocycles. The van der Waals surface area contributed by atoms with Gasteiger partial charge in [-0.2, -0.15) is 0 Å². The molecule has 2 N–H and O–H groups in total. The molecule has 1 amide bonds. The number of aliphatic hydroxyl groups is 1. The molecule has 0 saturated carbocycles. The van der Waals surface area contributed by atoms with Crippen molar-refractivity contribution in [3.05, 3.63) is 70.8 Å². The molecule has 0 bridgehead atoms. The van der Waals surface area contributed by atoms with Gasteiger partial charge in [0.05, 0.1) is 0 Å². The normalized spacial score (nSPS) is 12.0. The summed E-state index contributed by atoms with van der Waals surface area (Å²) in [5.74, 6) is 0.0698. The predicted molar refractivity (Wildman–Crippen MR) is 89.1 cm³/mol. The van der Waals surface area contributed by atoms with E-state index >= 15 is 0 Å². The molecule has 0 saturated heterocycles. The van der Waals surface area contributed by atoms with Crippen LogP contribution in [0.25, 0.3) is 0 Å². The molecule has 0 aromatic heterocycles. The molecule has 1 unspecified atom stereocenters. The van der Waals surface area contributed by atoms with E-state index in [1.807, 2.05) is 62.4 Å². The molecule has 0 aliphatic rings.